The molecular formula is C32H34ClFN2O2. The normalized spacial score (nSPS) is 16.1. The van der Waals surface area contributed by atoms with Gasteiger partial charge < -0.3 is 9.64 Å². The van der Waals surface area contributed by atoms with E-state index in [1.54, 1.807) is 6.20 Å². The Kier molecular flexibility index (Phi) is 8.25. The fraction of sp³-hybridized carbons (Fsp3) is 0.375. The molecule has 38 heavy (non-hydrogen) atoms. The molecule has 6 heteroatoms. The number of rotatable bonds is 8. The third-order valence-corrected chi connectivity index (χ3v) is 7.92. The molecule has 2 heterocycles. The number of likely N-dealkylation sites (tertiary alicyclic amines) is 1. The zero-order chi connectivity index (χ0) is 26.6. The molecule has 0 bridgehead atoms. The summed E-state index contributed by atoms with van der Waals surface area (Å²) in [6.07, 6.45) is 6.10. The molecule has 1 fully saturated rings. The number of nitrogens with zero attached hydrogens (tertiary/aromatic N) is 2. The van der Waals surface area contributed by atoms with Gasteiger partial charge in [-0.25, -0.2) is 4.79 Å². The monoisotopic (exact) mass is 532 g/mol. The lowest BCUT2D eigenvalue weighted by Gasteiger charge is -2.39. The van der Waals surface area contributed by atoms with Crippen LogP contribution in [0.1, 0.15) is 63.1 Å². The Balaban J connectivity index is 1.51. The summed E-state index contributed by atoms with van der Waals surface area (Å²) in [5.74, 6) is 0.313. The number of allylic oxidation sites excluding steroid dienone is 1. The van der Waals surface area contributed by atoms with Crippen LogP contribution in [-0.4, -0.2) is 49.3 Å². The molecule has 3 aromatic rings. The standard InChI is InChI=1S/C32H34ClFN2O2/c1-21-15-27(33)18-35-31(21)29-6-3-5-25-17-26(32(37)38-2)11-12-28(25)30(29)24-9-7-22(8-10-24)16-23-19-36(20-23)14-4-13-34/h7-12,15,17-18,23H,3-6,13-14,16,19-20H2,1-2H3. The molecule has 0 N–H and O–H groups in total. The lowest BCUT2D eigenvalue weighted by Crippen LogP contribution is -2.47. The molecule has 0 unspecified atom stereocenters. The number of benzene rings is 2. The summed E-state index contributed by atoms with van der Waals surface area (Å²) in [5, 5.41) is 0.633. The largest absolute Gasteiger partial charge is 0.465 e. The topological polar surface area (TPSA) is 42.4 Å². The Morgan fingerprint density at radius 1 is 1.13 bits per heavy atom. The van der Waals surface area contributed by atoms with Gasteiger partial charge in [-0.2, -0.15) is 0 Å². The van der Waals surface area contributed by atoms with Crippen LogP contribution in [0, 0.1) is 12.8 Å². The maximum Gasteiger partial charge on any atom is 0.337 e. The number of hydrogen-bond donors (Lipinski definition) is 0. The van der Waals surface area contributed by atoms with Gasteiger partial charge in [0.05, 0.1) is 30.1 Å². The first kappa shape index (κ1) is 26.6. The van der Waals surface area contributed by atoms with Crippen LogP contribution in [0.3, 0.4) is 0 Å². The zero-order valence-corrected chi connectivity index (χ0v) is 22.9. The van der Waals surface area contributed by atoms with Gasteiger partial charge in [-0.15, -0.1) is 0 Å². The third kappa shape index (κ3) is 5.69. The van der Waals surface area contributed by atoms with Crippen LogP contribution in [-0.2, 0) is 17.6 Å². The molecule has 1 aliphatic carbocycles. The number of esters is 1. The number of pyridine rings is 1. The highest BCUT2D eigenvalue weighted by atomic mass is 35.5. The van der Waals surface area contributed by atoms with Gasteiger partial charge in [-0.3, -0.25) is 9.37 Å². The van der Waals surface area contributed by atoms with Crippen molar-refractivity contribution < 1.29 is 13.9 Å². The highest BCUT2D eigenvalue weighted by Gasteiger charge is 2.27. The van der Waals surface area contributed by atoms with Gasteiger partial charge >= 0.3 is 5.97 Å². The van der Waals surface area contributed by atoms with Gasteiger partial charge in [0, 0.05) is 25.8 Å². The van der Waals surface area contributed by atoms with Crippen molar-refractivity contribution in [3.8, 4) is 0 Å². The second-order valence-corrected chi connectivity index (χ2v) is 10.9. The maximum absolute atomic E-state index is 12.5. The number of methoxy groups -OCH3 is 1. The molecule has 5 rings (SSSR count). The summed E-state index contributed by atoms with van der Waals surface area (Å²) in [6, 6.07) is 16.8. The summed E-state index contributed by atoms with van der Waals surface area (Å²) < 4.78 is 17.4. The highest BCUT2D eigenvalue weighted by Crippen LogP contribution is 2.41. The Hall–Kier alpha value is -3.02. The van der Waals surface area contributed by atoms with Crippen molar-refractivity contribution >= 4 is 28.7 Å². The first-order chi connectivity index (χ1) is 18.5. The fourth-order valence-electron chi connectivity index (χ4n) is 5.87. The molecule has 0 saturated carbocycles. The molecule has 0 atom stereocenters. The van der Waals surface area contributed by atoms with Gasteiger partial charge in [0.25, 0.3) is 0 Å². The minimum atomic E-state index is -0.318. The number of halogens is 2. The Morgan fingerprint density at radius 2 is 1.92 bits per heavy atom. The molecule has 198 valence electrons. The number of carbonyl (C=O) groups excluding carboxylic acids is 1. The molecule has 0 amide bonds. The van der Waals surface area contributed by atoms with E-state index in [-0.39, 0.29) is 12.6 Å². The van der Waals surface area contributed by atoms with E-state index in [0.29, 0.717) is 22.9 Å². The fourth-order valence-corrected chi connectivity index (χ4v) is 6.08. The van der Waals surface area contributed by atoms with Crippen LogP contribution in [0.25, 0.3) is 11.1 Å². The van der Waals surface area contributed by atoms with Crippen molar-refractivity contribution in [2.75, 3.05) is 33.4 Å². The first-order valence-electron chi connectivity index (χ1n) is 13.4. The van der Waals surface area contributed by atoms with Crippen molar-refractivity contribution in [3.05, 3.63) is 98.8 Å². The van der Waals surface area contributed by atoms with E-state index in [9.17, 15) is 9.18 Å². The van der Waals surface area contributed by atoms with Gasteiger partial charge in [0.2, 0.25) is 0 Å². The summed E-state index contributed by atoms with van der Waals surface area (Å²) in [6.45, 7) is 4.78. The number of hydrogen-bond acceptors (Lipinski definition) is 4. The molecule has 2 aliphatic rings. The van der Waals surface area contributed by atoms with E-state index < -0.39 is 0 Å². The number of ether oxygens (including phenoxy) is 1. The average molecular weight is 533 g/mol. The minimum Gasteiger partial charge on any atom is -0.465 e. The zero-order valence-electron chi connectivity index (χ0n) is 22.1. The molecule has 1 aliphatic heterocycles. The van der Waals surface area contributed by atoms with Crippen molar-refractivity contribution in [1.82, 2.24) is 9.88 Å². The van der Waals surface area contributed by atoms with Crippen molar-refractivity contribution in [3.63, 3.8) is 0 Å². The number of alkyl halides is 1. The Bertz CT molecular complexity index is 1350. The van der Waals surface area contributed by atoms with Crippen LogP contribution < -0.4 is 0 Å². The van der Waals surface area contributed by atoms with E-state index in [2.05, 4.69) is 42.2 Å². The second-order valence-electron chi connectivity index (χ2n) is 10.5. The van der Waals surface area contributed by atoms with Gasteiger partial charge in [-0.1, -0.05) is 41.9 Å². The SMILES string of the molecule is COC(=O)c1ccc2c(c1)CCCC(c1ncc(Cl)cc1C)=C2c1ccc(CC2CN(CCCF)C2)cc1. The predicted octanol–water partition coefficient (Wildman–Crippen LogP) is 6.96. The van der Waals surface area contributed by atoms with Gasteiger partial charge in [0.1, 0.15) is 0 Å². The molecule has 1 aromatic heterocycles. The van der Waals surface area contributed by atoms with Crippen LogP contribution in [0.2, 0.25) is 5.02 Å². The smallest absolute Gasteiger partial charge is 0.337 e. The molecular weight excluding hydrogens is 499 g/mol. The van der Waals surface area contributed by atoms with Gasteiger partial charge in [-0.05, 0) is 102 Å². The van der Waals surface area contributed by atoms with Crippen LogP contribution in [0.5, 0.6) is 0 Å². The number of aryl methyl sites for hydroxylation is 2. The number of carbonyl (C=O) groups is 1. The van der Waals surface area contributed by atoms with E-state index in [0.717, 1.165) is 73.3 Å². The Labute approximate surface area is 229 Å². The van der Waals surface area contributed by atoms with Gasteiger partial charge in [0.15, 0.2) is 0 Å². The van der Waals surface area contributed by atoms with E-state index in [1.165, 1.54) is 23.8 Å². The molecule has 4 nitrogen and oxygen atoms in total. The summed E-state index contributed by atoms with van der Waals surface area (Å²) >= 11 is 6.25. The summed E-state index contributed by atoms with van der Waals surface area (Å²) in [4.78, 5) is 19.3. The number of aromatic nitrogens is 1. The Morgan fingerprint density at radius 3 is 2.63 bits per heavy atom. The van der Waals surface area contributed by atoms with E-state index in [1.807, 2.05) is 18.2 Å². The van der Waals surface area contributed by atoms with E-state index >= 15 is 0 Å². The molecule has 1 saturated heterocycles. The maximum atomic E-state index is 12.5. The van der Waals surface area contributed by atoms with Crippen LogP contribution >= 0.6 is 11.6 Å². The summed E-state index contributed by atoms with van der Waals surface area (Å²) in [7, 11) is 1.42. The first-order valence-corrected chi connectivity index (χ1v) is 13.8. The molecule has 0 spiro atoms. The average Bonchev–Trinajstić information content (AvgIpc) is 3.09. The quantitative estimate of drug-likeness (QED) is 0.294. The minimum absolute atomic E-state index is 0.237. The van der Waals surface area contributed by atoms with Crippen molar-refractivity contribution in [2.24, 2.45) is 5.92 Å². The molecule has 2 aromatic carbocycles. The van der Waals surface area contributed by atoms with Crippen molar-refractivity contribution in [2.45, 2.75) is 39.0 Å². The van der Waals surface area contributed by atoms with Crippen LogP contribution in [0.15, 0.2) is 54.7 Å². The second kappa shape index (κ2) is 11.8. The number of fused-ring (bicyclic) bond motifs is 1. The van der Waals surface area contributed by atoms with Crippen LogP contribution in [0.4, 0.5) is 4.39 Å². The molecule has 0 radical (unpaired) electrons. The third-order valence-electron chi connectivity index (χ3n) is 7.71. The summed E-state index contributed by atoms with van der Waals surface area (Å²) in [5.41, 5.74) is 9.73. The lowest BCUT2D eigenvalue weighted by molar-refractivity contribution is 0.0600. The van der Waals surface area contributed by atoms with E-state index in [4.69, 9.17) is 21.3 Å². The highest BCUT2D eigenvalue weighted by molar-refractivity contribution is 6.30. The lowest BCUT2D eigenvalue weighted by atomic mass is 9.86. The van der Waals surface area contributed by atoms with Crippen molar-refractivity contribution in [1.29, 1.82) is 0 Å². The predicted molar refractivity (Wildman–Crippen MR) is 151 cm³/mol.